The van der Waals surface area contributed by atoms with Gasteiger partial charge in [0.25, 0.3) is 0 Å². The molecule has 18 heavy (non-hydrogen) atoms. The van der Waals surface area contributed by atoms with Crippen molar-refractivity contribution in [3.63, 3.8) is 0 Å². The first-order valence-electron chi connectivity index (χ1n) is 4.94. The topological polar surface area (TPSA) is 96.6 Å². The molecule has 1 aromatic rings. The molecule has 0 fully saturated rings. The zero-order valence-corrected chi connectivity index (χ0v) is 11.6. The van der Waals surface area contributed by atoms with Gasteiger partial charge in [-0.15, -0.1) is 0 Å². The third-order valence-electron chi connectivity index (χ3n) is 2.75. The highest BCUT2D eigenvalue weighted by Crippen LogP contribution is 2.37. The molecular weight excluding hydrogens is 306 g/mol. The Labute approximate surface area is 112 Å². The second-order valence-corrected chi connectivity index (χ2v) is 5.02. The van der Waals surface area contributed by atoms with E-state index < -0.39 is 16.4 Å². The summed E-state index contributed by atoms with van der Waals surface area (Å²) in [5, 5.41) is 20.1. The molecule has 98 valence electrons. The molecule has 0 radical (unpaired) electrons. The van der Waals surface area contributed by atoms with Crippen molar-refractivity contribution in [3.05, 3.63) is 27.0 Å². The Morgan fingerprint density at radius 2 is 2.11 bits per heavy atom. The average Bonchev–Trinajstić information content (AvgIpc) is 2.27. The van der Waals surface area contributed by atoms with Gasteiger partial charge in [-0.3, -0.25) is 15.1 Å². The minimum absolute atomic E-state index is 0.183. The van der Waals surface area contributed by atoms with Gasteiger partial charge in [0.05, 0.1) is 9.40 Å². The second-order valence-electron chi connectivity index (χ2n) is 4.17. The molecule has 0 unspecified atom stereocenters. The van der Waals surface area contributed by atoms with Crippen LogP contribution in [0.25, 0.3) is 0 Å². The number of rotatable bonds is 4. The van der Waals surface area contributed by atoms with Gasteiger partial charge in [0, 0.05) is 13.2 Å². The fourth-order valence-corrected chi connectivity index (χ4v) is 1.89. The van der Waals surface area contributed by atoms with Crippen molar-refractivity contribution in [2.24, 2.45) is 0 Å². The number of likely N-dealkylation sites (N-methyl/N-ethyl adjacent to an activating group) is 1. The molecule has 1 N–H and O–H groups in total. The molecule has 0 saturated carbocycles. The van der Waals surface area contributed by atoms with E-state index in [0.29, 0.717) is 4.47 Å². The summed E-state index contributed by atoms with van der Waals surface area (Å²) in [6, 6.07) is 0. The number of pyridine rings is 1. The van der Waals surface area contributed by atoms with Crippen LogP contribution in [0.3, 0.4) is 0 Å². The number of hydrogen-bond donors (Lipinski definition) is 1. The number of nitro groups is 1. The van der Waals surface area contributed by atoms with Gasteiger partial charge in [-0.25, -0.2) is 4.79 Å². The molecule has 0 atom stereocenters. The highest BCUT2D eigenvalue weighted by molar-refractivity contribution is 9.10. The van der Waals surface area contributed by atoms with Gasteiger partial charge in [-0.2, -0.15) is 0 Å². The number of carboxylic acid groups (broad SMARTS) is 1. The largest absolute Gasteiger partial charge is 0.480 e. The lowest BCUT2D eigenvalue weighted by molar-refractivity contribution is -0.384. The summed E-state index contributed by atoms with van der Waals surface area (Å²) >= 11 is 3.16. The van der Waals surface area contributed by atoms with Crippen LogP contribution in [0.5, 0.6) is 0 Å². The number of anilines is 1. The fourth-order valence-electron chi connectivity index (χ4n) is 1.31. The number of aliphatic carboxylic acids is 1. The standard InChI is InChI=1S/C10H12BrN3O4/c1-10(2,9(15)16)13(3)8-6(11)4-12-5-7(8)14(17)18/h4-5H,1-3H3,(H,15,16). The van der Waals surface area contributed by atoms with Gasteiger partial charge in [-0.05, 0) is 29.8 Å². The molecule has 0 aliphatic heterocycles. The van der Waals surface area contributed by atoms with Crippen molar-refractivity contribution >= 4 is 33.3 Å². The van der Waals surface area contributed by atoms with E-state index in [1.165, 1.54) is 32.0 Å². The Morgan fingerprint density at radius 1 is 1.56 bits per heavy atom. The quantitative estimate of drug-likeness (QED) is 0.674. The first kappa shape index (κ1) is 14.4. The maximum atomic E-state index is 11.2. The minimum atomic E-state index is -1.28. The number of halogens is 1. The van der Waals surface area contributed by atoms with E-state index >= 15 is 0 Å². The summed E-state index contributed by atoms with van der Waals surface area (Å²) in [6.07, 6.45) is 2.48. The molecule has 7 nitrogen and oxygen atoms in total. The molecular formula is C10H12BrN3O4. The third-order valence-corrected chi connectivity index (χ3v) is 3.33. The summed E-state index contributed by atoms with van der Waals surface area (Å²) in [5.74, 6) is -1.08. The average molecular weight is 318 g/mol. The van der Waals surface area contributed by atoms with E-state index in [1.54, 1.807) is 0 Å². The monoisotopic (exact) mass is 317 g/mol. The second kappa shape index (κ2) is 4.89. The summed E-state index contributed by atoms with van der Waals surface area (Å²) in [5.41, 5.74) is -1.35. The number of hydrogen-bond acceptors (Lipinski definition) is 5. The maximum Gasteiger partial charge on any atom is 0.328 e. The van der Waals surface area contributed by atoms with Crippen molar-refractivity contribution in [1.29, 1.82) is 0 Å². The van der Waals surface area contributed by atoms with Gasteiger partial charge in [0.2, 0.25) is 0 Å². The third kappa shape index (κ3) is 2.42. The lowest BCUT2D eigenvalue weighted by atomic mass is 10.0. The Kier molecular flexibility index (Phi) is 3.90. The summed E-state index contributed by atoms with van der Waals surface area (Å²) in [7, 11) is 1.49. The van der Waals surface area contributed by atoms with Crippen LogP contribution in [0, 0.1) is 10.1 Å². The van der Waals surface area contributed by atoms with Crippen LogP contribution in [0.15, 0.2) is 16.9 Å². The zero-order chi connectivity index (χ0) is 14.1. The minimum Gasteiger partial charge on any atom is -0.480 e. The predicted octanol–water partition coefficient (Wildman–Crippen LogP) is 2.05. The molecule has 1 rings (SSSR count). The van der Waals surface area contributed by atoms with Crippen LogP contribution >= 0.6 is 15.9 Å². The SMILES string of the molecule is CN(c1c(Br)cncc1[N+](=O)[O-])C(C)(C)C(=O)O. The maximum absolute atomic E-state index is 11.2. The fraction of sp³-hybridized carbons (Fsp3) is 0.400. The summed E-state index contributed by atoms with van der Waals surface area (Å²) < 4.78 is 0.369. The number of aromatic nitrogens is 1. The van der Waals surface area contributed by atoms with Gasteiger partial charge in [0.1, 0.15) is 17.4 Å². The molecule has 0 amide bonds. The van der Waals surface area contributed by atoms with Gasteiger partial charge in [0.15, 0.2) is 0 Å². The molecule has 0 aliphatic rings. The Hall–Kier alpha value is -1.70. The van der Waals surface area contributed by atoms with Crippen LogP contribution in [0.2, 0.25) is 0 Å². The highest BCUT2D eigenvalue weighted by Gasteiger charge is 2.36. The number of nitrogens with zero attached hydrogens (tertiary/aromatic N) is 3. The van der Waals surface area contributed by atoms with E-state index in [0.717, 1.165) is 6.20 Å². The van der Waals surface area contributed by atoms with Gasteiger partial charge in [-0.1, -0.05) is 0 Å². The molecule has 0 spiro atoms. The van der Waals surface area contributed by atoms with E-state index in [4.69, 9.17) is 5.11 Å². The smallest absolute Gasteiger partial charge is 0.328 e. The first-order chi connectivity index (χ1) is 8.19. The van der Waals surface area contributed by atoms with Gasteiger partial charge < -0.3 is 10.0 Å². The first-order valence-corrected chi connectivity index (χ1v) is 5.74. The van der Waals surface area contributed by atoms with Crippen LogP contribution in [-0.4, -0.2) is 33.6 Å². The van der Waals surface area contributed by atoms with Crippen LogP contribution in [0.1, 0.15) is 13.8 Å². The molecule has 1 heterocycles. The van der Waals surface area contributed by atoms with E-state index in [9.17, 15) is 14.9 Å². The zero-order valence-electron chi connectivity index (χ0n) is 10.0. The summed E-state index contributed by atoms with van der Waals surface area (Å²) in [6.45, 7) is 2.93. The van der Waals surface area contributed by atoms with E-state index in [-0.39, 0.29) is 11.4 Å². The molecule has 0 aliphatic carbocycles. The lowest BCUT2D eigenvalue weighted by Gasteiger charge is -2.33. The van der Waals surface area contributed by atoms with Crippen molar-refractivity contribution < 1.29 is 14.8 Å². The summed E-state index contributed by atoms with van der Waals surface area (Å²) in [4.78, 5) is 26.6. The Morgan fingerprint density at radius 3 is 2.56 bits per heavy atom. The predicted molar refractivity (Wildman–Crippen MR) is 68.7 cm³/mol. The molecule has 8 heteroatoms. The van der Waals surface area contributed by atoms with Crippen LogP contribution < -0.4 is 4.90 Å². The van der Waals surface area contributed by atoms with Crippen molar-refractivity contribution in [2.45, 2.75) is 19.4 Å². The lowest BCUT2D eigenvalue weighted by Crippen LogP contribution is -2.48. The van der Waals surface area contributed by atoms with Crippen molar-refractivity contribution in [3.8, 4) is 0 Å². The molecule has 1 aromatic heterocycles. The Balaban J connectivity index is 3.41. The van der Waals surface area contributed by atoms with Crippen molar-refractivity contribution in [1.82, 2.24) is 4.98 Å². The van der Waals surface area contributed by atoms with Gasteiger partial charge >= 0.3 is 11.7 Å². The molecule has 0 bridgehead atoms. The van der Waals surface area contributed by atoms with Crippen molar-refractivity contribution in [2.75, 3.05) is 11.9 Å². The van der Waals surface area contributed by atoms with Crippen LogP contribution in [0.4, 0.5) is 11.4 Å². The molecule has 0 aromatic carbocycles. The normalized spacial score (nSPS) is 11.1. The van der Waals surface area contributed by atoms with Crippen LogP contribution in [-0.2, 0) is 4.79 Å². The van der Waals surface area contributed by atoms with E-state index in [2.05, 4.69) is 20.9 Å². The number of carbonyl (C=O) groups is 1. The number of carboxylic acids is 1. The van der Waals surface area contributed by atoms with E-state index in [1.807, 2.05) is 0 Å². The Bertz CT molecular complexity index is 504. The molecule has 0 saturated heterocycles. The highest BCUT2D eigenvalue weighted by atomic mass is 79.9.